The molecule has 1 unspecified atom stereocenters. The number of carbonyl (C=O) groups excluding carboxylic acids is 2. The highest BCUT2D eigenvalue weighted by atomic mass is 16.6. The van der Waals surface area contributed by atoms with E-state index >= 15 is 0 Å². The molecule has 1 aromatic carbocycles. The fraction of sp³-hybridized carbons (Fsp3) is 0.214. The summed E-state index contributed by atoms with van der Waals surface area (Å²) in [4.78, 5) is 33.2. The van der Waals surface area contributed by atoms with Crippen LogP contribution in [0.2, 0.25) is 0 Å². The molecule has 0 aliphatic carbocycles. The van der Waals surface area contributed by atoms with Gasteiger partial charge >= 0.3 is 0 Å². The van der Waals surface area contributed by atoms with E-state index in [-0.39, 0.29) is 23.9 Å². The number of carbonyl (C=O) groups is 2. The van der Waals surface area contributed by atoms with Gasteiger partial charge in [0.25, 0.3) is 5.69 Å². The number of hydrogen-bond acceptors (Lipinski definition) is 6. The summed E-state index contributed by atoms with van der Waals surface area (Å²) >= 11 is 0. The number of nitrogens with one attached hydrogen (secondary N) is 3. The van der Waals surface area contributed by atoms with Crippen LogP contribution in [-0.2, 0) is 9.59 Å². The number of non-ortho nitro benzene ring substituents is 1. The van der Waals surface area contributed by atoms with Crippen molar-refractivity contribution in [2.24, 2.45) is 11.0 Å². The summed E-state index contributed by atoms with van der Waals surface area (Å²) < 4.78 is 0. The molecular weight excluding hydrogens is 302 g/mol. The summed E-state index contributed by atoms with van der Waals surface area (Å²) in [5.74, 6) is -1.02. The third kappa shape index (κ3) is 4.37. The number of hydrogen-bond donors (Lipinski definition) is 3. The monoisotopic (exact) mass is 317 g/mol. The predicted molar refractivity (Wildman–Crippen MR) is 82.0 cm³/mol. The highest BCUT2D eigenvalue weighted by Crippen LogP contribution is 2.17. The van der Waals surface area contributed by atoms with E-state index in [9.17, 15) is 19.7 Å². The van der Waals surface area contributed by atoms with E-state index in [1.807, 2.05) is 0 Å². The smallest absolute Gasteiger partial charge is 0.270 e. The standard InChI is InChI=1S/C14H15N5O4/c1-9-12(14(21)18-16-9)5-6-13(20)17-15-8-10-3-2-4-11(7-10)19(22)23/h2-4,7-8,12,16H,1,5-6H2,(H,17,20)(H,18,21). The van der Waals surface area contributed by atoms with E-state index in [0.717, 1.165) is 0 Å². The number of nitrogens with zero attached hydrogens (tertiary/aromatic N) is 2. The second kappa shape index (κ2) is 7.16. The topological polar surface area (TPSA) is 126 Å². The van der Waals surface area contributed by atoms with E-state index in [2.05, 4.69) is 28.0 Å². The number of nitro benzene ring substituents is 1. The first-order chi connectivity index (χ1) is 11.0. The SMILES string of the molecule is C=C1NNC(=O)C1CCC(=O)NN=Cc1cccc([N+](=O)[O-])c1. The molecule has 3 N–H and O–H groups in total. The molecule has 0 saturated carbocycles. The summed E-state index contributed by atoms with van der Waals surface area (Å²) in [5.41, 5.74) is 8.31. The summed E-state index contributed by atoms with van der Waals surface area (Å²) in [6.07, 6.45) is 1.73. The number of hydrazine groups is 1. The molecule has 0 aromatic heterocycles. The summed E-state index contributed by atoms with van der Waals surface area (Å²) in [7, 11) is 0. The molecule has 120 valence electrons. The highest BCUT2D eigenvalue weighted by Gasteiger charge is 2.27. The minimum atomic E-state index is -0.510. The van der Waals surface area contributed by atoms with Crippen LogP contribution in [-0.4, -0.2) is 23.0 Å². The van der Waals surface area contributed by atoms with Crippen molar-refractivity contribution in [3.05, 3.63) is 52.2 Å². The fourth-order valence-electron chi connectivity index (χ4n) is 2.01. The normalized spacial score (nSPS) is 17.0. The Balaban J connectivity index is 1.82. The lowest BCUT2D eigenvalue weighted by atomic mass is 10.0. The lowest BCUT2D eigenvalue weighted by Crippen LogP contribution is -2.26. The largest absolute Gasteiger partial charge is 0.303 e. The van der Waals surface area contributed by atoms with Crippen molar-refractivity contribution in [3.8, 4) is 0 Å². The van der Waals surface area contributed by atoms with Crippen LogP contribution in [0.1, 0.15) is 18.4 Å². The van der Waals surface area contributed by atoms with Crippen LogP contribution in [0.3, 0.4) is 0 Å². The van der Waals surface area contributed by atoms with Gasteiger partial charge < -0.3 is 5.43 Å². The maximum Gasteiger partial charge on any atom is 0.270 e. The van der Waals surface area contributed by atoms with Crippen LogP contribution in [0.25, 0.3) is 0 Å². The zero-order valence-corrected chi connectivity index (χ0v) is 12.1. The third-order valence-electron chi connectivity index (χ3n) is 3.23. The Hall–Kier alpha value is -3.23. The Bertz CT molecular complexity index is 670. The molecule has 9 nitrogen and oxygen atoms in total. The minimum Gasteiger partial charge on any atom is -0.303 e. The third-order valence-corrected chi connectivity index (χ3v) is 3.23. The predicted octanol–water partition coefficient (Wildman–Crippen LogP) is 0.589. The van der Waals surface area contributed by atoms with Crippen LogP contribution in [0, 0.1) is 16.0 Å². The zero-order chi connectivity index (χ0) is 16.8. The number of amides is 2. The molecule has 1 saturated heterocycles. The molecule has 1 atom stereocenters. The second-order valence-corrected chi connectivity index (χ2v) is 4.88. The van der Waals surface area contributed by atoms with Gasteiger partial charge in [-0.05, 0) is 6.42 Å². The molecule has 1 aromatic rings. The van der Waals surface area contributed by atoms with Crippen LogP contribution in [0.15, 0.2) is 41.6 Å². The summed E-state index contributed by atoms with van der Waals surface area (Å²) in [6, 6.07) is 5.86. The maximum absolute atomic E-state index is 11.7. The molecule has 1 aliphatic heterocycles. The Morgan fingerprint density at radius 1 is 1.48 bits per heavy atom. The van der Waals surface area contributed by atoms with Gasteiger partial charge in [-0.15, -0.1) is 0 Å². The Kier molecular flexibility index (Phi) is 5.03. The Labute approximate surface area is 131 Å². The second-order valence-electron chi connectivity index (χ2n) is 4.88. The van der Waals surface area contributed by atoms with Crippen molar-refractivity contribution in [1.82, 2.24) is 16.3 Å². The van der Waals surface area contributed by atoms with Gasteiger partial charge in [-0.2, -0.15) is 5.10 Å². The lowest BCUT2D eigenvalue weighted by Gasteiger charge is -2.05. The maximum atomic E-state index is 11.7. The lowest BCUT2D eigenvalue weighted by molar-refractivity contribution is -0.384. The van der Waals surface area contributed by atoms with Gasteiger partial charge in [-0.3, -0.25) is 25.1 Å². The Morgan fingerprint density at radius 3 is 2.91 bits per heavy atom. The highest BCUT2D eigenvalue weighted by molar-refractivity contribution is 5.85. The fourth-order valence-corrected chi connectivity index (χ4v) is 2.01. The van der Waals surface area contributed by atoms with Crippen molar-refractivity contribution >= 4 is 23.7 Å². The van der Waals surface area contributed by atoms with Crippen molar-refractivity contribution in [3.63, 3.8) is 0 Å². The van der Waals surface area contributed by atoms with Crippen molar-refractivity contribution in [2.45, 2.75) is 12.8 Å². The van der Waals surface area contributed by atoms with Gasteiger partial charge in [0.2, 0.25) is 11.8 Å². The molecule has 2 rings (SSSR count). The first kappa shape index (κ1) is 16.1. The molecular formula is C14H15N5O4. The average Bonchev–Trinajstić information content (AvgIpc) is 2.84. The molecule has 0 spiro atoms. The Morgan fingerprint density at radius 2 is 2.26 bits per heavy atom. The minimum absolute atomic E-state index is 0.0569. The van der Waals surface area contributed by atoms with Crippen LogP contribution in [0.5, 0.6) is 0 Å². The van der Waals surface area contributed by atoms with E-state index in [1.54, 1.807) is 6.07 Å². The first-order valence-electron chi connectivity index (χ1n) is 6.78. The van der Waals surface area contributed by atoms with Gasteiger partial charge in [0.15, 0.2) is 0 Å². The molecule has 1 heterocycles. The summed E-state index contributed by atoms with van der Waals surface area (Å²) in [6.45, 7) is 3.68. The van der Waals surface area contributed by atoms with E-state index in [4.69, 9.17) is 0 Å². The molecule has 1 fully saturated rings. The molecule has 2 amide bonds. The van der Waals surface area contributed by atoms with Crippen LogP contribution >= 0.6 is 0 Å². The van der Waals surface area contributed by atoms with E-state index in [0.29, 0.717) is 17.7 Å². The molecule has 9 heteroatoms. The molecule has 23 heavy (non-hydrogen) atoms. The molecule has 1 aliphatic rings. The van der Waals surface area contributed by atoms with Crippen LogP contribution < -0.4 is 16.3 Å². The first-order valence-corrected chi connectivity index (χ1v) is 6.78. The van der Waals surface area contributed by atoms with Crippen molar-refractivity contribution < 1.29 is 14.5 Å². The number of rotatable bonds is 6. The molecule has 0 radical (unpaired) electrons. The van der Waals surface area contributed by atoms with E-state index in [1.165, 1.54) is 24.4 Å². The van der Waals surface area contributed by atoms with Gasteiger partial charge in [-0.25, -0.2) is 5.43 Å². The quantitative estimate of drug-likeness (QED) is 0.402. The summed E-state index contributed by atoms with van der Waals surface area (Å²) in [5, 5.41) is 14.4. The van der Waals surface area contributed by atoms with Gasteiger partial charge in [0.1, 0.15) is 0 Å². The number of hydrazone groups is 1. The average molecular weight is 317 g/mol. The van der Waals surface area contributed by atoms with Crippen molar-refractivity contribution in [2.75, 3.05) is 0 Å². The zero-order valence-electron chi connectivity index (χ0n) is 12.1. The van der Waals surface area contributed by atoms with Crippen LogP contribution in [0.4, 0.5) is 5.69 Å². The van der Waals surface area contributed by atoms with Gasteiger partial charge in [0.05, 0.1) is 17.1 Å². The van der Waals surface area contributed by atoms with Gasteiger partial charge in [0, 0.05) is 29.8 Å². The van der Waals surface area contributed by atoms with Gasteiger partial charge in [-0.1, -0.05) is 18.7 Å². The van der Waals surface area contributed by atoms with E-state index < -0.39 is 10.8 Å². The molecule has 0 bridgehead atoms. The van der Waals surface area contributed by atoms with Crippen molar-refractivity contribution in [1.29, 1.82) is 0 Å². The number of nitro groups is 1. The number of benzene rings is 1.